The highest BCUT2D eigenvalue weighted by molar-refractivity contribution is 7.68. The number of halogens is 1. The number of aryl methyl sites for hydroxylation is 4. The summed E-state index contributed by atoms with van der Waals surface area (Å²) in [7, 11) is -3.60. The molecule has 0 fully saturated rings. The molecule has 8 aromatic carbocycles. The molecule has 0 saturated carbocycles. The van der Waals surface area contributed by atoms with Crippen LogP contribution in [0.3, 0.4) is 0 Å². The zero-order valence-electron chi connectivity index (χ0n) is 78.8. The summed E-state index contributed by atoms with van der Waals surface area (Å²) in [5.41, 5.74) is 23.1. The number of aromatic hydroxyl groups is 1. The first-order chi connectivity index (χ1) is 52.9. The van der Waals surface area contributed by atoms with E-state index >= 15 is 0 Å². The highest BCUT2D eigenvalue weighted by atomic mass is 35.7. The molecule has 2 atom stereocenters. The lowest BCUT2D eigenvalue weighted by atomic mass is 9.77. The van der Waals surface area contributed by atoms with Crippen LogP contribution in [0.15, 0.2) is 114 Å². The van der Waals surface area contributed by atoms with Crippen LogP contribution in [0.5, 0.6) is 23.0 Å². The molecule has 10 nitrogen and oxygen atoms in total. The Hall–Kier alpha value is -7.61. The third kappa shape index (κ3) is 19.3. The lowest BCUT2D eigenvalue weighted by molar-refractivity contribution is -0.134. The van der Waals surface area contributed by atoms with E-state index in [1.165, 1.54) is 44.5 Å². The van der Waals surface area contributed by atoms with E-state index in [2.05, 4.69) is 334 Å². The Balaban J connectivity index is 0.000000205. The molecule has 632 valence electrons. The van der Waals surface area contributed by atoms with E-state index in [4.69, 9.17) is 42.0 Å². The third-order valence-electron chi connectivity index (χ3n) is 23.2. The fraction of sp³-hybridized carbons (Fsp3) is 0.519. The highest BCUT2D eigenvalue weighted by Crippen LogP contribution is 2.54. The van der Waals surface area contributed by atoms with E-state index in [1.54, 1.807) is 0 Å². The van der Waals surface area contributed by atoms with Gasteiger partial charge in [-0.3, -0.25) is 9.59 Å². The molecule has 0 aliphatic carbocycles. The Labute approximate surface area is 708 Å². The zero-order valence-corrected chi connectivity index (χ0v) is 81.3. The van der Waals surface area contributed by atoms with Gasteiger partial charge in [0, 0.05) is 77.3 Å². The molecule has 0 bridgehead atoms. The normalized spacial score (nSPS) is 15.4. The standard InChI is InChI=1S/C52H69O5P.C28H40ClO2P.C24H30O3/c1-29-21-31(41-37-25-34(49(9,10)11)26-38(50(12,13)14)43(37)54-46(41)53)22-30(2)42(29)55-58-56-44-35(23-32(47(3,4)5)27-39(44)51(15,16)17)36-24-33(48(6,7)8)28-40(45(36)57-58)52(18,19)20;1-25(2,3)17-13-19-20-14-18(26(4,5)6)16-22(28(10,11)12)24(20)31-32(29)30-23(19)21(15-17)27(7,8)9;1-13-9-15(10-14(2)20(13)25)19-17-11-16(23(3,4)5)12-18(24(6,7)8)21(17)27-22(19)26/h21-28,41H,1-20H3;13-16H,1-12H3;9-12,19,25H,1-8H3. The van der Waals surface area contributed by atoms with Crippen molar-refractivity contribution in [1.82, 2.24) is 0 Å². The van der Waals surface area contributed by atoms with E-state index in [9.17, 15) is 14.7 Å². The highest BCUT2D eigenvalue weighted by Gasteiger charge is 2.43. The average Bonchev–Trinajstić information content (AvgIpc) is 1.72. The van der Waals surface area contributed by atoms with Crippen molar-refractivity contribution in [3.05, 3.63) is 208 Å². The van der Waals surface area contributed by atoms with Crippen LogP contribution in [0, 0.1) is 27.7 Å². The van der Waals surface area contributed by atoms with Gasteiger partial charge in [0.15, 0.2) is 0 Å². The summed E-state index contributed by atoms with van der Waals surface area (Å²) < 4.78 is 45.9. The van der Waals surface area contributed by atoms with E-state index in [0.29, 0.717) is 17.2 Å². The van der Waals surface area contributed by atoms with Crippen LogP contribution >= 0.6 is 26.8 Å². The molecule has 2 aliphatic heterocycles. The fourth-order valence-electron chi connectivity index (χ4n) is 15.7. The van der Waals surface area contributed by atoms with Gasteiger partial charge >= 0.3 is 27.5 Å². The number of phenolic OH excluding ortho intramolecular Hbond substituents is 1. The molecular weight excluding hydrogens is 1510 g/mol. The van der Waals surface area contributed by atoms with Crippen molar-refractivity contribution in [3.63, 3.8) is 0 Å². The van der Waals surface area contributed by atoms with Gasteiger partial charge in [0.1, 0.15) is 57.2 Å². The van der Waals surface area contributed by atoms with Crippen molar-refractivity contribution in [2.24, 2.45) is 0 Å². The summed E-state index contributed by atoms with van der Waals surface area (Å²) in [6, 6.07) is 35.1. The Bertz CT molecular complexity index is 5440. The van der Waals surface area contributed by atoms with Gasteiger partial charge in [-0.1, -0.05) is 322 Å². The van der Waals surface area contributed by atoms with Gasteiger partial charge in [-0.25, -0.2) is 0 Å². The SMILES string of the molecule is CC(C)(C)c1cc(C(C)(C)C)c2op(Cl)oc3c(C(C)(C)C)cc(C(C)(C)C)cc3c2c1.Cc1cc(C2C(=O)Oc3c2cc(C(C)(C)C)cc3C(C)(C)C)cc(C)c1O.Cc1cc(C2C(=O)Oc3c2cc(C(C)(C)C)cc3C(C)(C)C)cc(C)c1Op1oc2c(C(C)(C)C)cc(C(C)(C)C)cc2c2cc(C(C)(C)C)cc(C(C)(C)C)c2o1. The second-order valence-corrected chi connectivity index (χ2v) is 48.7. The maximum Gasteiger partial charge on any atom is 0.453 e. The van der Waals surface area contributed by atoms with Crippen LogP contribution in [0.25, 0.3) is 43.9 Å². The molecule has 0 amide bonds. The van der Waals surface area contributed by atoms with Gasteiger partial charge in [-0.2, -0.15) is 0 Å². The molecule has 0 spiro atoms. The Morgan fingerprint density at radius 1 is 0.299 bits per heavy atom. The molecular formula is C104H139ClO10P2. The first-order valence-corrected chi connectivity index (χ1v) is 45.2. The quantitative estimate of drug-likeness (QED) is 0.134. The molecule has 0 radical (unpaired) electrons. The van der Waals surface area contributed by atoms with Gasteiger partial charge in [0.05, 0.1) is 0 Å². The minimum atomic E-state index is -1.98. The predicted octanol–water partition coefficient (Wildman–Crippen LogP) is 31.7. The number of fused-ring (bicyclic) bond motifs is 8. The molecule has 1 N–H and O–H groups in total. The maximum absolute atomic E-state index is 13.9. The molecule has 2 aromatic heterocycles. The molecule has 117 heavy (non-hydrogen) atoms. The van der Waals surface area contributed by atoms with Crippen molar-refractivity contribution in [2.45, 2.75) is 354 Å². The van der Waals surface area contributed by atoms with Crippen molar-refractivity contribution in [3.8, 4) is 23.0 Å². The van der Waals surface area contributed by atoms with E-state index < -0.39 is 27.4 Å². The average molecular weight is 1650 g/mol. The number of ether oxygens (including phenoxy) is 2. The number of rotatable bonds is 4. The van der Waals surface area contributed by atoms with E-state index in [-0.39, 0.29) is 82.7 Å². The summed E-state index contributed by atoms with van der Waals surface area (Å²) in [5.74, 6) is 0.877. The molecule has 0 saturated heterocycles. The summed E-state index contributed by atoms with van der Waals surface area (Å²) in [6.07, 6.45) is 0. The van der Waals surface area contributed by atoms with Crippen LogP contribution < -0.4 is 14.0 Å². The van der Waals surface area contributed by atoms with Crippen LogP contribution in [-0.2, 0) is 74.6 Å². The lowest BCUT2D eigenvalue weighted by Crippen LogP contribution is -2.17. The summed E-state index contributed by atoms with van der Waals surface area (Å²) in [6.45, 7) is 88.0. The Morgan fingerprint density at radius 3 is 0.761 bits per heavy atom. The van der Waals surface area contributed by atoms with Crippen LogP contribution in [0.4, 0.5) is 0 Å². The number of hydrogen-bond acceptors (Lipinski definition) is 10. The monoisotopic (exact) mass is 1640 g/mol. The largest absolute Gasteiger partial charge is 0.507 e. The maximum atomic E-state index is 13.9. The van der Waals surface area contributed by atoms with Crippen molar-refractivity contribution >= 4 is 82.7 Å². The smallest absolute Gasteiger partial charge is 0.453 e. The zero-order chi connectivity index (χ0) is 88.2. The number of carbonyl (C=O) groups excluding carboxylic acids is 2. The summed E-state index contributed by atoms with van der Waals surface area (Å²) >= 11 is 6.70. The molecule has 10 aromatic rings. The lowest BCUT2D eigenvalue weighted by Gasteiger charge is -2.27. The van der Waals surface area contributed by atoms with Gasteiger partial charge in [0.25, 0.3) is 0 Å². The van der Waals surface area contributed by atoms with Crippen LogP contribution in [-0.4, -0.2) is 17.0 Å². The molecule has 2 aliphatic rings. The topological polar surface area (TPSA) is 135 Å². The van der Waals surface area contributed by atoms with Crippen molar-refractivity contribution in [1.29, 1.82) is 0 Å². The molecule has 4 heterocycles. The van der Waals surface area contributed by atoms with E-state index in [0.717, 1.165) is 111 Å². The van der Waals surface area contributed by atoms with Crippen LogP contribution in [0.1, 0.15) is 372 Å². The minimum absolute atomic E-state index is 0.00253. The fourth-order valence-corrected chi connectivity index (χ4v) is 18.1. The minimum Gasteiger partial charge on any atom is -0.507 e. The predicted molar refractivity (Wildman–Crippen MR) is 496 cm³/mol. The van der Waals surface area contributed by atoms with Gasteiger partial charge < -0.3 is 35.9 Å². The second-order valence-electron chi connectivity index (χ2n) is 46.1. The summed E-state index contributed by atoms with van der Waals surface area (Å²) in [5, 5.41) is 14.3. The van der Waals surface area contributed by atoms with Crippen LogP contribution in [0.2, 0.25) is 0 Å². The number of hydrogen-bond donors (Lipinski definition) is 1. The van der Waals surface area contributed by atoms with Gasteiger partial charge in [-0.15, -0.1) is 0 Å². The molecule has 12 rings (SSSR count). The number of phenols is 1. The van der Waals surface area contributed by atoms with Crippen molar-refractivity contribution in [2.75, 3.05) is 0 Å². The molecule has 2 unspecified atom stereocenters. The Morgan fingerprint density at radius 2 is 0.521 bits per heavy atom. The summed E-state index contributed by atoms with van der Waals surface area (Å²) in [4.78, 5) is 26.8. The number of carbonyl (C=O) groups is 2. The number of esters is 2. The van der Waals surface area contributed by atoms with E-state index in [1.807, 2.05) is 39.8 Å². The molecule has 13 heteroatoms. The number of benzene rings is 8. The first kappa shape index (κ1) is 91.7. The van der Waals surface area contributed by atoms with Gasteiger partial charge in [-0.05, 0) is 184 Å². The van der Waals surface area contributed by atoms with Crippen molar-refractivity contribution < 1.29 is 45.5 Å². The first-order valence-electron chi connectivity index (χ1n) is 42.0. The van der Waals surface area contributed by atoms with Gasteiger partial charge in [0.2, 0.25) is 0 Å². The Kier molecular flexibility index (Phi) is 24.2. The third-order valence-corrected chi connectivity index (χ3v) is 25.3. The second kappa shape index (κ2) is 30.8.